The number of ether oxygens (including phenoxy) is 1. The molecule has 218 valence electrons. The van der Waals surface area contributed by atoms with Gasteiger partial charge >= 0.3 is 12.4 Å². The lowest BCUT2D eigenvalue weighted by molar-refractivity contribution is -0.139. The summed E-state index contributed by atoms with van der Waals surface area (Å²) in [5, 5.41) is 7.99. The Morgan fingerprint density at radius 1 is 1.05 bits per heavy atom. The summed E-state index contributed by atoms with van der Waals surface area (Å²) in [5.41, 5.74) is -5.26. The summed E-state index contributed by atoms with van der Waals surface area (Å²) in [7, 11) is 1.34. The molecule has 0 aliphatic rings. The number of rotatable bonds is 8. The summed E-state index contributed by atoms with van der Waals surface area (Å²) in [6.45, 7) is 1.50. The van der Waals surface area contributed by atoms with E-state index in [-0.39, 0.29) is 35.1 Å². The van der Waals surface area contributed by atoms with Gasteiger partial charge in [-0.1, -0.05) is 0 Å². The number of H-pyrrole nitrogens is 1. The van der Waals surface area contributed by atoms with Crippen LogP contribution in [0.2, 0.25) is 0 Å². The molecule has 41 heavy (non-hydrogen) atoms. The zero-order valence-electron chi connectivity index (χ0n) is 21.3. The zero-order chi connectivity index (χ0) is 30.1. The molecule has 0 amide bonds. The van der Waals surface area contributed by atoms with Gasteiger partial charge in [0.1, 0.15) is 11.4 Å². The third-order valence-corrected chi connectivity index (χ3v) is 6.18. The average molecular weight is 586 g/mol. The highest BCUT2D eigenvalue weighted by Crippen LogP contribution is 2.32. The van der Waals surface area contributed by atoms with Gasteiger partial charge in [0, 0.05) is 31.7 Å². The summed E-state index contributed by atoms with van der Waals surface area (Å²) in [5.74, 6) is -1.23. The minimum atomic E-state index is -4.93. The number of pyridine rings is 1. The van der Waals surface area contributed by atoms with Gasteiger partial charge in [-0.2, -0.15) is 31.4 Å². The van der Waals surface area contributed by atoms with Gasteiger partial charge in [-0.3, -0.25) is 9.59 Å². The van der Waals surface area contributed by atoms with E-state index < -0.39 is 58.2 Å². The number of fused-ring (bicyclic) bond motifs is 1. The molecule has 0 saturated carbocycles. The summed E-state index contributed by atoms with van der Waals surface area (Å²) in [4.78, 5) is 32.0. The molecule has 16 heteroatoms. The van der Waals surface area contributed by atoms with Crippen molar-refractivity contribution >= 4 is 16.5 Å². The van der Waals surface area contributed by atoms with Crippen LogP contribution < -0.4 is 16.4 Å². The SMILES string of the molecule is COC(C[C@H](C)Nc1cn[nH]c(=O)c1C(F)(F)F)Cn1ccc2cc(-c3ncc(C(F)(F)F)cn3)c(F)cc2c1=O. The van der Waals surface area contributed by atoms with Crippen molar-refractivity contribution in [1.82, 2.24) is 24.7 Å². The van der Waals surface area contributed by atoms with E-state index in [1.165, 1.54) is 30.0 Å². The first kappa shape index (κ1) is 29.6. The second-order valence-corrected chi connectivity index (χ2v) is 9.11. The molecule has 4 aromatic rings. The van der Waals surface area contributed by atoms with Crippen LogP contribution in [0.3, 0.4) is 0 Å². The van der Waals surface area contributed by atoms with Crippen molar-refractivity contribution in [3.8, 4) is 11.4 Å². The lowest BCUT2D eigenvalue weighted by Gasteiger charge is -2.23. The highest BCUT2D eigenvalue weighted by Gasteiger charge is 2.37. The zero-order valence-corrected chi connectivity index (χ0v) is 21.3. The molecule has 1 aromatic carbocycles. The van der Waals surface area contributed by atoms with Crippen molar-refractivity contribution in [3.63, 3.8) is 0 Å². The van der Waals surface area contributed by atoms with Gasteiger partial charge in [0.15, 0.2) is 5.82 Å². The van der Waals surface area contributed by atoms with Gasteiger partial charge in [-0.25, -0.2) is 19.5 Å². The minimum absolute atomic E-state index is 0.0360. The number of aromatic amines is 1. The molecule has 0 aliphatic heterocycles. The number of hydrogen-bond donors (Lipinski definition) is 2. The Morgan fingerprint density at radius 3 is 2.34 bits per heavy atom. The van der Waals surface area contributed by atoms with Crippen molar-refractivity contribution in [1.29, 1.82) is 0 Å². The van der Waals surface area contributed by atoms with Crippen molar-refractivity contribution in [3.05, 3.63) is 80.6 Å². The minimum Gasteiger partial charge on any atom is -0.381 e. The van der Waals surface area contributed by atoms with Crippen molar-refractivity contribution < 1.29 is 35.5 Å². The van der Waals surface area contributed by atoms with Gasteiger partial charge in [0.05, 0.1) is 41.0 Å². The van der Waals surface area contributed by atoms with Crippen molar-refractivity contribution in [2.45, 2.75) is 44.4 Å². The maximum Gasteiger partial charge on any atom is 0.423 e. The number of halogens is 7. The normalized spacial score (nSPS) is 13.8. The van der Waals surface area contributed by atoms with E-state index in [1.807, 2.05) is 0 Å². The molecule has 9 nitrogen and oxygen atoms in total. The average Bonchev–Trinajstić information content (AvgIpc) is 2.88. The van der Waals surface area contributed by atoms with E-state index in [1.54, 1.807) is 12.0 Å². The Kier molecular flexibility index (Phi) is 8.15. The Hall–Kier alpha value is -4.34. The van der Waals surface area contributed by atoms with E-state index in [4.69, 9.17) is 4.74 Å². The predicted molar refractivity (Wildman–Crippen MR) is 133 cm³/mol. The van der Waals surface area contributed by atoms with Gasteiger partial charge in [-0.15, -0.1) is 0 Å². The molecule has 4 rings (SSSR count). The number of nitrogens with one attached hydrogen (secondary N) is 2. The molecule has 0 saturated heterocycles. The quantitative estimate of drug-likeness (QED) is 0.290. The second kappa shape index (κ2) is 11.3. The topological polar surface area (TPSA) is 115 Å². The van der Waals surface area contributed by atoms with Crippen LogP contribution in [0.5, 0.6) is 0 Å². The molecule has 0 radical (unpaired) electrons. The number of anilines is 1. The number of benzene rings is 1. The van der Waals surface area contributed by atoms with Crippen LogP contribution in [0.4, 0.5) is 36.4 Å². The Morgan fingerprint density at radius 2 is 1.73 bits per heavy atom. The third kappa shape index (κ3) is 6.53. The van der Waals surface area contributed by atoms with E-state index >= 15 is 0 Å². The lowest BCUT2D eigenvalue weighted by atomic mass is 10.1. The van der Waals surface area contributed by atoms with Crippen LogP contribution in [-0.4, -0.2) is 44.0 Å². The Bertz CT molecular complexity index is 1670. The first-order chi connectivity index (χ1) is 19.2. The van der Waals surface area contributed by atoms with Gasteiger partial charge in [0.25, 0.3) is 11.1 Å². The van der Waals surface area contributed by atoms with Gasteiger partial charge in [0.2, 0.25) is 0 Å². The van der Waals surface area contributed by atoms with E-state index in [9.17, 15) is 40.3 Å². The predicted octanol–water partition coefficient (Wildman–Crippen LogP) is 4.62. The largest absolute Gasteiger partial charge is 0.423 e. The Labute approximate surface area is 226 Å². The van der Waals surface area contributed by atoms with Crippen LogP contribution in [0.15, 0.2) is 52.6 Å². The monoisotopic (exact) mass is 586 g/mol. The van der Waals surface area contributed by atoms with Crippen molar-refractivity contribution in [2.75, 3.05) is 12.4 Å². The first-order valence-corrected chi connectivity index (χ1v) is 11.9. The van der Waals surface area contributed by atoms with Crippen LogP contribution >= 0.6 is 0 Å². The van der Waals surface area contributed by atoms with E-state index in [0.717, 1.165) is 12.3 Å². The molecule has 2 N–H and O–H groups in total. The number of nitrogens with zero attached hydrogens (tertiary/aromatic N) is 4. The number of aromatic nitrogens is 5. The van der Waals surface area contributed by atoms with E-state index in [0.29, 0.717) is 12.4 Å². The molecular formula is C25H21F7N6O3. The molecule has 3 heterocycles. The molecule has 0 bridgehead atoms. The second-order valence-electron chi connectivity index (χ2n) is 9.11. The number of hydrogen-bond acceptors (Lipinski definition) is 7. The van der Waals surface area contributed by atoms with Crippen LogP contribution in [0, 0.1) is 5.82 Å². The number of alkyl halides is 6. The summed E-state index contributed by atoms with van der Waals surface area (Å²) in [6.07, 6.45) is -6.89. The molecular weight excluding hydrogens is 565 g/mol. The lowest BCUT2D eigenvalue weighted by Crippen LogP contribution is -2.33. The molecule has 2 atom stereocenters. The smallest absolute Gasteiger partial charge is 0.381 e. The fourth-order valence-electron chi connectivity index (χ4n) is 4.21. The van der Waals surface area contributed by atoms with E-state index in [2.05, 4.69) is 20.4 Å². The molecule has 0 fully saturated rings. The Balaban J connectivity index is 1.54. The van der Waals surface area contributed by atoms with Crippen molar-refractivity contribution in [2.24, 2.45) is 0 Å². The summed E-state index contributed by atoms with van der Waals surface area (Å²) in [6, 6.07) is 2.99. The first-order valence-electron chi connectivity index (χ1n) is 11.9. The summed E-state index contributed by atoms with van der Waals surface area (Å²) >= 11 is 0. The standard InChI is InChI=1S/C25H21F7N6O3/c1-12(36-19-10-35-37-22(39)20(19)25(30,31)32)5-15(41-2)11-38-4-3-13-6-17(18(26)7-16(13)23(38)40)21-33-8-14(9-34-21)24(27,28)29/h3-4,6-10,12,15H,5,11H2,1-2H3,(H2,36,37,39)/t12-,15?/m0/s1. The number of methoxy groups -OCH3 is 1. The molecule has 1 unspecified atom stereocenters. The maximum atomic E-state index is 14.9. The maximum absolute atomic E-state index is 14.9. The third-order valence-electron chi connectivity index (χ3n) is 6.18. The highest BCUT2D eigenvalue weighted by atomic mass is 19.4. The summed E-state index contributed by atoms with van der Waals surface area (Å²) < 4.78 is 99.9. The van der Waals surface area contributed by atoms with Crippen LogP contribution in [-0.2, 0) is 23.6 Å². The van der Waals surface area contributed by atoms with Crippen LogP contribution in [0.1, 0.15) is 24.5 Å². The fraction of sp³-hybridized carbons (Fsp3) is 0.320. The molecule has 0 spiro atoms. The molecule has 3 aromatic heterocycles. The van der Waals surface area contributed by atoms with Crippen LogP contribution in [0.25, 0.3) is 22.2 Å². The fourth-order valence-corrected chi connectivity index (χ4v) is 4.21. The van der Waals surface area contributed by atoms with Gasteiger partial charge < -0.3 is 14.6 Å². The molecule has 0 aliphatic carbocycles. The highest BCUT2D eigenvalue weighted by molar-refractivity contribution is 5.86. The van der Waals surface area contributed by atoms with Gasteiger partial charge in [-0.05, 0) is 36.9 Å².